The highest BCUT2D eigenvalue weighted by atomic mass is 16.5. The van der Waals surface area contributed by atoms with Crippen molar-refractivity contribution >= 4 is 5.91 Å². The Bertz CT molecular complexity index is 320. The van der Waals surface area contributed by atoms with Gasteiger partial charge in [-0.05, 0) is 12.8 Å². The van der Waals surface area contributed by atoms with Gasteiger partial charge in [0, 0.05) is 18.6 Å². The third-order valence-corrected chi connectivity index (χ3v) is 3.83. The first kappa shape index (κ1) is 14.0. The molecule has 1 aliphatic rings. The lowest BCUT2D eigenvalue weighted by atomic mass is 9.64. The number of methoxy groups -OCH3 is 1. The van der Waals surface area contributed by atoms with Crippen molar-refractivity contribution in [2.45, 2.75) is 52.2 Å². The van der Waals surface area contributed by atoms with Crippen molar-refractivity contribution in [3.63, 3.8) is 0 Å². The van der Waals surface area contributed by atoms with E-state index < -0.39 is 5.92 Å². The molecule has 0 bridgehead atoms. The lowest BCUT2D eigenvalue weighted by molar-refractivity contribution is -0.134. The van der Waals surface area contributed by atoms with E-state index >= 15 is 0 Å². The molecule has 1 rings (SSSR count). The van der Waals surface area contributed by atoms with Crippen molar-refractivity contribution in [1.29, 1.82) is 5.26 Å². The molecule has 4 heteroatoms. The molecule has 1 saturated carbocycles. The van der Waals surface area contributed by atoms with Gasteiger partial charge in [-0.3, -0.25) is 4.79 Å². The standard InChI is InChI=1S/C13H22N2O2/c1-5-6-9(8-14)12(16)15-10-7-11(17-4)13(10,2)3/h9-11H,5-7H2,1-4H3,(H,15,16). The first-order valence-electron chi connectivity index (χ1n) is 6.20. The van der Waals surface area contributed by atoms with Gasteiger partial charge in [-0.1, -0.05) is 27.2 Å². The molecule has 0 radical (unpaired) electrons. The average Bonchev–Trinajstić information content (AvgIpc) is 2.30. The highest BCUT2D eigenvalue weighted by molar-refractivity contribution is 5.81. The summed E-state index contributed by atoms with van der Waals surface area (Å²) in [6.45, 7) is 6.14. The minimum absolute atomic E-state index is 0.0450. The van der Waals surface area contributed by atoms with Crippen molar-refractivity contribution in [1.82, 2.24) is 5.32 Å². The number of hydrogen-bond acceptors (Lipinski definition) is 3. The zero-order valence-electron chi connectivity index (χ0n) is 11.1. The minimum atomic E-state index is -0.516. The molecule has 4 nitrogen and oxygen atoms in total. The molecule has 0 saturated heterocycles. The molecule has 3 atom stereocenters. The Morgan fingerprint density at radius 3 is 2.71 bits per heavy atom. The van der Waals surface area contributed by atoms with Crippen LogP contribution in [0.5, 0.6) is 0 Å². The van der Waals surface area contributed by atoms with E-state index in [-0.39, 0.29) is 23.5 Å². The topological polar surface area (TPSA) is 62.1 Å². The van der Waals surface area contributed by atoms with Crippen molar-refractivity contribution in [3.8, 4) is 6.07 Å². The number of nitrogens with one attached hydrogen (secondary N) is 1. The van der Waals surface area contributed by atoms with Gasteiger partial charge < -0.3 is 10.1 Å². The predicted octanol–water partition coefficient (Wildman–Crippen LogP) is 1.86. The molecule has 3 unspecified atom stereocenters. The summed E-state index contributed by atoms with van der Waals surface area (Å²) in [6, 6.07) is 2.18. The molecule has 0 aromatic heterocycles. The molecule has 0 spiro atoms. The maximum atomic E-state index is 11.9. The fourth-order valence-corrected chi connectivity index (χ4v) is 2.35. The predicted molar refractivity (Wildman–Crippen MR) is 65.1 cm³/mol. The van der Waals surface area contributed by atoms with Gasteiger partial charge >= 0.3 is 0 Å². The Morgan fingerprint density at radius 1 is 1.65 bits per heavy atom. The fraction of sp³-hybridized carbons (Fsp3) is 0.846. The number of amides is 1. The summed E-state index contributed by atoms with van der Waals surface area (Å²) in [7, 11) is 1.69. The highest BCUT2D eigenvalue weighted by Crippen LogP contribution is 2.42. The minimum Gasteiger partial charge on any atom is -0.381 e. The van der Waals surface area contributed by atoms with E-state index in [2.05, 4.69) is 25.2 Å². The van der Waals surface area contributed by atoms with Crippen LogP contribution in [-0.2, 0) is 9.53 Å². The largest absolute Gasteiger partial charge is 0.381 e. The maximum absolute atomic E-state index is 11.9. The first-order chi connectivity index (χ1) is 7.97. The normalized spacial score (nSPS) is 27.7. The van der Waals surface area contributed by atoms with Gasteiger partial charge in [0.25, 0.3) is 0 Å². The van der Waals surface area contributed by atoms with Crippen LogP contribution in [-0.4, -0.2) is 25.2 Å². The van der Waals surface area contributed by atoms with Gasteiger partial charge in [0.2, 0.25) is 5.91 Å². The third kappa shape index (κ3) is 2.78. The van der Waals surface area contributed by atoms with E-state index in [1.54, 1.807) is 7.11 Å². The molecule has 0 heterocycles. The van der Waals surface area contributed by atoms with E-state index in [0.717, 1.165) is 12.8 Å². The van der Waals surface area contributed by atoms with Gasteiger partial charge in [0.15, 0.2) is 0 Å². The van der Waals surface area contributed by atoms with Gasteiger partial charge in [-0.25, -0.2) is 0 Å². The van der Waals surface area contributed by atoms with E-state index in [1.165, 1.54) is 0 Å². The number of nitrogens with zero attached hydrogens (tertiary/aromatic N) is 1. The van der Waals surface area contributed by atoms with Crippen molar-refractivity contribution in [3.05, 3.63) is 0 Å². The van der Waals surface area contributed by atoms with E-state index in [9.17, 15) is 4.79 Å². The van der Waals surface area contributed by atoms with Crippen molar-refractivity contribution in [2.24, 2.45) is 11.3 Å². The number of carbonyl (C=O) groups is 1. The first-order valence-corrected chi connectivity index (χ1v) is 6.20. The molecule has 1 aliphatic carbocycles. The Labute approximate surface area is 103 Å². The van der Waals surface area contributed by atoms with Crippen LogP contribution in [0, 0.1) is 22.7 Å². The monoisotopic (exact) mass is 238 g/mol. The SMILES string of the molecule is CCCC(C#N)C(=O)NC1CC(OC)C1(C)C. The number of nitriles is 1. The maximum Gasteiger partial charge on any atom is 0.237 e. The summed E-state index contributed by atoms with van der Waals surface area (Å²) in [4.78, 5) is 11.9. The van der Waals surface area contributed by atoms with Crippen molar-refractivity contribution in [2.75, 3.05) is 7.11 Å². The summed E-state index contributed by atoms with van der Waals surface area (Å²) in [5, 5.41) is 11.9. The highest BCUT2D eigenvalue weighted by Gasteiger charge is 2.49. The Kier molecular flexibility index (Phi) is 4.53. The lowest BCUT2D eigenvalue weighted by Gasteiger charge is -2.51. The quantitative estimate of drug-likeness (QED) is 0.795. The second kappa shape index (κ2) is 5.50. The zero-order chi connectivity index (χ0) is 13.1. The molecule has 96 valence electrons. The van der Waals surface area contributed by atoms with Gasteiger partial charge in [0.05, 0.1) is 12.2 Å². The van der Waals surface area contributed by atoms with Crippen LogP contribution in [0.3, 0.4) is 0 Å². The summed E-state index contributed by atoms with van der Waals surface area (Å²) >= 11 is 0. The zero-order valence-corrected chi connectivity index (χ0v) is 11.1. The van der Waals surface area contributed by atoms with Crippen LogP contribution >= 0.6 is 0 Å². The van der Waals surface area contributed by atoms with E-state index in [4.69, 9.17) is 10.00 Å². The Hall–Kier alpha value is -1.08. The molecule has 1 amide bonds. The summed E-state index contributed by atoms with van der Waals surface area (Å²) in [5.74, 6) is -0.653. The van der Waals surface area contributed by atoms with Crippen LogP contribution in [0.25, 0.3) is 0 Å². The number of rotatable bonds is 5. The molecule has 0 aliphatic heterocycles. The Balaban J connectivity index is 2.51. The lowest BCUT2D eigenvalue weighted by Crippen LogP contribution is -2.62. The molecule has 17 heavy (non-hydrogen) atoms. The van der Waals surface area contributed by atoms with Crippen LogP contribution < -0.4 is 5.32 Å². The molecule has 1 N–H and O–H groups in total. The number of hydrogen-bond donors (Lipinski definition) is 1. The second-order valence-corrected chi connectivity index (χ2v) is 5.31. The van der Waals surface area contributed by atoms with Gasteiger partial charge in [-0.15, -0.1) is 0 Å². The molecule has 0 aromatic carbocycles. The van der Waals surface area contributed by atoms with Crippen LogP contribution in [0.2, 0.25) is 0 Å². The summed E-state index contributed by atoms with van der Waals surface area (Å²) in [5.41, 5.74) is -0.0450. The number of carbonyl (C=O) groups excluding carboxylic acids is 1. The van der Waals surface area contributed by atoms with Gasteiger partial charge in [0.1, 0.15) is 5.92 Å². The summed E-state index contributed by atoms with van der Waals surface area (Å²) < 4.78 is 5.33. The molecule has 1 fully saturated rings. The third-order valence-electron chi connectivity index (χ3n) is 3.83. The van der Waals surface area contributed by atoms with E-state index in [0.29, 0.717) is 6.42 Å². The van der Waals surface area contributed by atoms with Gasteiger partial charge in [-0.2, -0.15) is 5.26 Å². The molecular formula is C13H22N2O2. The van der Waals surface area contributed by atoms with Crippen molar-refractivity contribution < 1.29 is 9.53 Å². The van der Waals surface area contributed by atoms with E-state index in [1.807, 2.05) is 6.92 Å². The van der Waals surface area contributed by atoms with Crippen LogP contribution in [0.4, 0.5) is 0 Å². The average molecular weight is 238 g/mol. The molecule has 0 aromatic rings. The number of ether oxygens (including phenoxy) is 1. The second-order valence-electron chi connectivity index (χ2n) is 5.31. The fourth-order valence-electron chi connectivity index (χ4n) is 2.35. The Morgan fingerprint density at radius 2 is 2.29 bits per heavy atom. The summed E-state index contributed by atoms with van der Waals surface area (Å²) in [6.07, 6.45) is 2.50. The smallest absolute Gasteiger partial charge is 0.237 e. The van der Waals surface area contributed by atoms with Crippen LogP contribution in [0.1, 0.15) is 40.0 Å². The molecular weight excluding hydrogens is 216 g/mol. The van der Waals surface area contributed by atoms with Crippen LogP contribution in [0.15, 0.2) is 0 Å².